The molecule has 2 aromatic carbocycles. The van der Waals surface area contributed by atoms with Gasteiger partial charge < -0.3 is 15.4 Å². The van der Waals surface area contributed by atoms with Gasteiger partial charge in [-0.3, -0.25) is 4.79 Å². The summed E-state index contributed by atoms with van der Waals surface area (Å²) >= 11 is 0. The minimum atomic E-state index is -0.294. The smallest absolute Gasteiger partial charge is 0.274 e. The van der Waals surface area contributed by atoms with Gasteiger partial charge in [-0.2, -0.15) is 0 Å². The summed E-state index contributed by atoms with van der Waals surface area (Å²) < 4.78 is 5.59. The Bertz CT molecular complexity index is 894. The quantitative estimate of drug-likeness (QED) is 0.699. The Kier molecular flexibility index (Phi) is 5.43. The Hall–Kier alpha value is -3.41. The number of aromatic nitrogens is 2. The van der Waals surface area contributed by atoms with Crippen LogP contribution in [0.15, 0.2) is 60.9 Å². The van der Waals surface area contributed by atoms with Gasteiger partial charge in [-0.05, 0) is 38.1 Å². The highest BCUT2D eigenvalue weighted by Crippen LogP contribution is 2.26. The number of hydrogen-bond acceptors (Lipinski definition) is 5. The van der Waals surface area contributed by atoms with Crippen molar-refractivity contribution in [3.8, 4) is 5.75 Å². The van der Waals surface area contributed by atoms with Crippen molar-refractivity contribution >= 4 is 23.1 Å². The van der Waals surface area contributed by atoms with E-state index in [1.807, 2.05) is 62.4 Å². The van der Waals surface area contributed by atoms with Crippen molar-refractivity contribution in [1.29, 1.82) is 0 Å². The molecular formula is C20H20N4O2. The maximum Gasteiger partial charge on any atom is 0.274 e. The van der Waals surface area contributed by atoms with Gasteiger partial charge in [0.15, 0.2) is 0 Å². The average molecular weight is 348 g/mol. The minimum Gasteiger partial charge on any atom is -0.492 e. The number of aryl methyl sites for hydroxylation is 1. The molecule has 0 radical (unpaired) electrons. The third-order valence-corrected chi connectivity index (χ3v) is 3.66. The molecule has 0 atom stereocenters. The zero-order valence-corrected chi connectivity index (χ0v) is 14.7. The number of nitrogens with one attached hydrogen (secondary N) is 2. The van der Waals surface area contributed by atoms with Crippen LogP contribution in [0.1, 0.15) is 23.0 Å². The summed E-state index contributed by atoms with van der Waals surface area (Å²) in [4.78, 5) is 20.7. The third kappa shape index (κ3) is 4.36. The Labute approximate surface area is 152 Å². The fourth-order valence-corrected chi connectivity index (χ4v) is 2.37. The molecule has 3 aromatic rings. The highest BCUT2D eigenvalue weighted by Gasteiger charge is 2.10. The Balaban J connectivity index is 1.76. The van der Waals surface area contributed by atoms with Crippen molar-refractivity contribution in [2.45, 2.75) is 13.8 Å². The fourth-order valence-electron chi connectivity index (χ4n) is 2.37. The van der Waals surface area contributed by atoms with Gasteiger partial charge in [0.05, 0.1) is 12.3 Å². The van der Waals surface area contributed by atoms with Crippen LogP contribution < -0.4 is 15.4 Å². The second-order valence-electron chi connectivity index (χ2n) is 5.66. The van der Waals surface area contributed by atoms with Crippen LogP contribution >= 0.6 is 0 Å². The summed E-state index contributed by atoms with van der Waals surface area (Å²) in [5.74, 6) is 0.942. The van der Waals surface area contributed by atoms with Crippen LogP contribution in [-0.4, -0.2) is 22.5 Å². The van der Waals surface area contributed by atoms with Crippen LogP contribution in [0.4, 0.5) is 17.2 Å². The summed E-state index contributed by atoms with van der Waals surface area (Å²) in [6.07, 6.45) is 1.36. The SMILES string of the molecule is CCOc1ccccc1Nc1cc(C(=O)Nc2ccc(C)cc2)ncn1. The number of para-hydroxylation sites is 2. The van der Waals surface area contributed by atoms with Gasteiger partial charge in [-0.1, -0.05) is 29.8 Å². The first-order chi connectivity index (χ1) is 12.7. The number of ether oxygens (including phenoxy) is 1. The van der Waals surface area contributed by atoms with E-state index in [0.29, 0.717) is 12.4 Å². The van der Waals surface area contributed by atoms with Crippen LogP contribution in [0.5, 0.6) is 5.75 Å². The maximum atomic E-state index is 12.4. The van der Waals surface area contributed by atoms with E-state index >= 15 is 0 Å². The van der Waals surface area contributed by atoms with Crippen LogP contribution in [0.2, 0.25) is 0 Å². The summed E-state index contributed by atoms with van der Waals surface area (Å²) in [6, 6.07) is 16.7. The van der Waals surface area contributed by atoms with E-state index in [0.717, 1.165) is 22.7 Å². The summed E-state index contributed by atoms with van der Waals surface area (Å²) in [7, 11) is 0. The predicted molar refractivity (Wildman–Crippen MR) is 102 cm³/mol. The van der Waals surface area contributed by atoms with Crippen LogP contribution in [0.3, 0.4) is 0 Å². The lowest BCUT2D eigenvalue weighted by molar-refractivity contribution is 0.102. The Morgan fingerprint density at radius 2 is 1.85 bits per heavy atom. The van der Waals surface area contributed by atoms with Crippen molar-refractivity contribution in [1.82, 2.24) is 9.97 Å². The standard InChI is InChI=1S/C20H20N4O2/c1-3-26-18-7-5-4-6-16(18)24-19-12-17(21-13-22-19)20(25)23-15-10-8-14(2)9-11-15/h4-13H,3H2,1-2H3,(H,23,25)(H,21,22,24). The minimum absolute atomic E-state index is 0.275. The zero-order chi connectivity index (χ0) is 18.4. The molecule has 0 bridgehead atoms. The van der Waals surface area contributed by atoms with E-state index < -0.39 is 0 Å². The first-order valence-electron chi connectivity index (χ1n) is 8.34. The lowest BCUT2D eigenvalue weighted by Crippen LogP contribution is -2.14. The molecule has 0 spiro atoms. The molecule has 0 unspecified atom stereocenters. The van der Waals surface area contributed by atoms with Crippen molar-refractivity contribution in [2.75, 3.05) is 17.2 Å². The molecule has 2 N–H and O–H groups in total. The number of amides is 1. The van der Waals surface area contributed by atoms with Crippen LogP contribution in [-0.2, 0) is 0 Å². The second kappa shape index (κ2) is 8.11. The van der Waals surface area contributed by atoms with Gasteiger partial charge >= 0.3 is 0 Å². The highest BCUT2D eigenvalue weighted by molar-refractivity contribution is 6.03. The largest absolute Gasteiger partial charge is 0.492 e. The Morgan fingerprint density at radius 3 is 2.62 bits per heavy atom. The zero-order valence-electron chi connectivity index (χ0n) is 14.7. The molecule has 6 nitrogen and oxygen atoms in total. The second-order valence-corrected chi connectivity index (χ2v) is 5.66. The molecular weight excluding hydrogens is 328 g/mol. The van der Waals surface area contributed by atoms with Crippen molar-refractivity contribution in [3.63, 3.8) is 0 Å². The average Bonchev–Trinajstić information content (AvgIpc) is 2.66. The van der Waals surface area contributed by atoms with Gasteiger partial charge in [0, 0.05) is 11.8 Å². The van der Waals surface area contributed by atoms with E-state index in [2.05, 4.69) is 20.6 Å². The van der Waals surface area contributed by atoms with Crippen LogP contribution in [0.25, 0.3) is 0 Å². The van der Waals surface area contributed by atoms with Gasteiger partial charge in [-0.25, -0.2) is 9.97 Å². The van der Waals surface area contributed by atoms with Gasteiger partial charge in [0.2, 0.25) is 0 Å². The lowest BCUT2D eigenvalue weighted by Gasteiger charge is -2.12. The van der Waals surface area contributed by atoms with Gasteiger partial charge in [0.1, 0.15) is 23.6 Å². The predicted octanol–water partition coefficient (Wildman–Crippen LogP) is 4.18. The number of benzene rings is 2. The monoisotopic (exact) mass is 348 g/mol. The van der Waals surface area contributed by atoms with Crippen molar-refractivity contribution in [2.24, 2.45) is 0 Å². The van der Waals surface area contributed by atoms with E-state index in [4.69, 9.17) is 4.74 Å². The molecule has 1 amide bonds. The first kappa shape index (κ1) is 17.4. The summed E-state index contributed by atoms with van der Waals surface area (Å²) in [6.45, 7) is 4.48. The van der Waals surface area contributed by atoms with Crippen LogP contribution in [0, 0.1) is 6.92 Å². The third-order valence-electron chi connectivity index (χ3n) is 3.66. The molecule has 0 saturated carbocycles. The van der Waals surface area contributed by atoms with E-state index in [1.54, 1.807) is 6.07 Å². The van der Waals surface area contributed by atoms with Crippen molar-refractivity contribution in [3.05, 3.63) is 72.2 Å². The summed E-state index contributed by atoms with van der Waals surface area (Å²) in [5, 5.41) is 5.99. The van der Waals surface area contributed by atoms with E-state index in [-0.39, 0.29) is 11.6 Å². The number of rotatable bonds is 6. The van der Waals surface area contributed by atoms with Gasteiger partial charge in [0.25, 0.3) is 5.91 Å². The molecule has 0 aliphatic rings. The van der Waals surface area contributed by atoms with Crippen molar-refractivity contribution < 1.29 is 9.53 Å². The topological polar surface area (TPSA) is 76.1 Å². The van der Waals surface area contributed by atoms with Gasteiger partial charge in [-0.15, -0.1) is 0 Å². The molecule has 0 fully saturated rings. The molecule has 0 saturated heterocycles. The highest BCUT2D eigenvalue weighted by atomic mass is 16.5. The number of anilines is 3. The Morgan fingerprint density at radius 1 is 1.08 bits per heavy atom. The molecule has 132 valence electrons. The fraction of sp³-hybridized carbons (Fsp3) is 0.150. The molecule has 1 heterocycles. The number of hydrogen-bond donors (Lipinski definition) is 2. The normalized spacial score (nSPS) is 10.2. The maximum absolute atomic E-state index is 12.4. The van der Waals surface area contributed by atoms with E-state index in [1.165, 1.54) is 6.33 Å². The number of nitrogens with zero attached hydrogens (tertiary/aromatic N) is 2. The molecule has 1 aromatic heterocycles. The molecule has 0 aliphatic heterocycles. The molecule has 6 heteroatoms. The number of carbonyl (C=O) groups is 1. The first-order valence-corrected chi connectivity index (χ1v) is 8.34. The number of carbonyl (C=O) groups excluding carboxylic acids is 1. The molecule has 0 aliphatic carbocycles. The molecule has 26 heavy (non-hydrogen) atoms. The van der Waals surface area contributed by atoms with E-state index in [9.17, 15) is 4.79 Å². The molecule has 3 rings (SSSR count). The lowest BCUT2D eigenvalue weighted by atomic mass is 10.2. The summed E-state index contributed by atoms with van der Waals surface area (Å²) in [5.41, 5.74) is 2.90.